The van der Waals surface area contributed by atoms with Crippen LogP contribution in [0.5, 0.6) is 0 Å². The van der Waals surface area contributed by atoms with E-state index in [1.165, 1.54) is 42.7 Å². The Morgan fingerprint density at radius 1 is 0.952 bits per heavy atom. The summed E-state index contributed by atoms with van der Waals surface area (Å²) in [4.78, 5) is 13.2. The van der Waals surface area contributed by atoms with Crippen molar-refractivity contribution in [2.45, 2.75) is 0 Å². The maximum absolute atomic E-state index is 13.7. The van der Waals surface area contributed by atoms with Crippen LogP contribution in [0.3, 0.4) is 0 Å². The molecule has 0 spiro atoms. The standard InChI is InChI=1S/C31H24ClFN4O4S/c1-34-31(38)28-24-15-22(19-8-13-25-23(14-19)29(36-35-25)17-4-9-20(32)10-5-17)26(37(2)42(3,39)40)16-27(24)41-30(28)18-6-11-21(33)12-7-18/h4-16H,1-3H3,(H,34,38)(H,35,36). The second kappa shape index (κ2) is 10.3. The van der Waals surface area contributed by atoms with Crippen LogP contribution in [0.4, 0.5) is 10.1 Å². The number of aromatic amines is 1. The van der Waals surface area contributed by atoms with Gasteiger partial charge in [-0.3, -0.25) is 14.2 Å². The fourth-order valence-corrected chi connectivity index (χ4v) is 5.60. The maximum atomic E-state index is 13.7. The van der Waals surface area contributed by atoms with Gasteiger partial charge in [0.15, 0.2) is 0 Å². The zero-order chi connectivity index (χ0) is 29.8. The average molecular weight is 603 g/mol. The van der Waals surface area contributed by atoms with Crippen LogP contribution in [-0.2, 0) is 10.0 Å². The van der Waals surface area contributed by atoms with Crippen molar-refractivity contribution < 1.29 is 22.0 Å². The van der Waals surface area contributed by atoms with Crippen LogP contribution in [0.25, 0.3) is 55.6 Å². The smallest absolute Gasteiger partial charge is 0.255 e. The summed E-state index contributed by atoms with van der Waals surface area (Å²) in [6.07, 6.45) is 1.11. The van der Waals surface area contributed by atoms with Gasteiger partial charge in [-0.1, -0.05) is 29.8 Å². The van der Waals surface area contributed by atoms with Crippen molar-refractivity contribution >= 4 is 55.1 Å². The molecule has 2 heterocycles. The molecule has 4 aromatic carbocycles. The molecule has 212 valence electrons. The molecule has 42 heavy (non-hydrogen) atoms. The molecule has 2 aromatic heterocycles. The van der Waals surface area contributed by atoms with E-state index in [4.69, 9.17) is 16.0 Å². The molecule has 0 fully saturated rings. The van der Waals surface area contributed by atoms with Crippen molar-refractivity contribution in [3.05, 3.63) is 95.3 Å². The van der Waals surface area contributed by atoms with Crippen LogP contribution in [0, 0.1) is 5.82 Å². The second-order valence-corrected chi connectivity index (χ2v) is 12.3. The van der Waals surface area contributed by atoms with E-state index in [1.54, 1.807) is 24.3 Å². The molecule has 0 saturated carbocycles. The predicted molar refractivity (Wildman–Crippen MR) is 164 cm³/mol. The number of amides is 1. The van der Waals surface area contributed by atoms with Gasteiger partial charge in [0.05, 0.1) is 28.7 Å². The number of rotatable bonds is 6. The molecular weight excluding hydrogens is 579 g/mol. The van der Waals surface area contributed by atoms with Gasteiger partial charge in [0, 0.05) is 52.6 Å². The quantitative estimate of drug-likeness (QED) is 0.217. The molecule has 0 aliphatic rings. The summed E-state index contributed by atoms with van der Waals surface area (Å²) in [5, 5.41) is 12.1. The first-order valence-electron chi connectivity index (χ1n) is 12.8. The normalized spacial score (nSPS) is 11.7. The maximum Gasteiger partial charge on any atom is 0.255 e. The summed E-state index contributed by atoms with van der Waals surface area (Å²) in [5.74, 6) is -0.591. The van der Waals surface area contributed by atoms with Gasteiger partial charge in [0.25, 0.3) is 5.91 Å². The number of H-pyrrole nitrogens is 1. The summed E-state index contributed by atoms with van der Waals surface area (Å²) in [7, 11) is -0.719. The number of halogens is 2. The van der Waals surface area contributed by atoms with Crippen molar-refractivity contribution in [3.63, 3.8) is 0 Å². The number of hydrogen-bond acceptors (Lipinski definition) is 5. The Labute approximate surface area is 245 Å². The summed E-state index contributed by atoms with van der Waals surface area (Å²) in [5.41, 5.74) is 4.99. The molecule has 11 heteroatoms. The number of furan rings is 1. The molecule has 0 radical (unpaired) electrons. The third kappa shape index (κ3) is 4.78. The Hall–Kier alpha value is -4.67. The Balaban J connectivity index is 1.63. The van der Waals surface area contributed by atoms with E-state index in [1.807, 2.05) is 30.3 Å². The summed E-state index contributed by atoms with van der Waals surface area (Å²) in [6, 6.07) is 21.9. The molecular formula is C31H24ClFN4O4S. The number of aromatic nitrogens is 2. The zero-order valence-corrected chi connectivity index (χ0v) is 24.3. The minimum Gasteiger partial charge on any atom is -0.455 e. The molecule has 1 amide bonds. The third-order valence-corrected chi connectivity index (χ3v) is 8.64. The van der Waals surface area contributed by atoms with Crippen LogP contribution < -0.4 is 9.62 Å². The zero-order valence-electron chi connectivity index (χ0n) is 22.7. The lowest BCUT2D eigenvalue weighted by Crippen LogP contribution is -2.25. The number of benzene rings is 4. The minimum atomic E-state index is -3.68. The Morgan fingerprint density at radius 3 is 2.29 bits per heavy atom. The first-order valence-corrected chi connectivity index (χ1v) is 15.0. The van der Waals surface area contributed by atoms with E-state index in [9.17, 15) is 17.6 Å². The van der Waals surface area contributed by atoms with Gasteiger partial charge in [-0.15, -0.1) is 0 Å². The fourth-order valence-electron chi connectivity index (χ4n) is 4.97. The van der Waals surface area contributed by atoms with Crippen molar-refractivity contribution in [2.75, 3.05) is 24.7 Å². The highest BCUT2D eigenvalue weighted by Crippen LogP contribution is 2.42. The van der Waals surface area contributed by atoms with Gasteiger partial charge in [0.1, 0.15) is 17.2 Å². The predicted octanol–water partition coefficient (Wildman–Crippen LogP) is 6.86. The van der Waals surface area contributed by atoms with E-state index in [0.29, 0.717) is 44.1 Å². The molecule has 0 bridgehead atoms. The van der Waals surface area contributed by atoms with E-state index in [-0.39, 0.29) is 11.3 Å². The second-order valence-electron chi connectivity index (χ2n) is 9.83. The molecule has 6 rings (SSSR count). The number of anilines is 1. The number of nitrogens with zero attached hydrogens (tertiary/aromatic N) is 2. The van der Waals surface area contributed by atoms with Crippen molar-refractivity contribution in [3.8, 4) is 33.7 Å². The topological polar surface area (TPSA) is 108 Å². The molecule has 0 aliphatic carbocycles. The number of sulfonamides is 1. The van der Waals surface area contributed by atoms with Gasteiger partial charge in [-0.05, 0) is 60.2 Å². The van der Waals surface area contributed by atoms with Crippen molar-refractivity contribution in [1.82, 2.24) is 15.5 Å². The summed E-state index contributed by atoms with van der Waals surface area (Å²) in [6.45, 7) is 0. The Bertz CT molecular complexity index is 2100. The number of fused-ring (bicyclic) bond motifs is 2. The molecule has 2 N–H and O–H groups in total. The number of nitrogens with one attached hydrogen (secondary N) is 2. The fraction of sp³-hybridized carbons (Fsp3) is 0.0968. The molecule has 0 atom stereocenters. The average Bonchev–Trinajstić information content (AvgIpc) is 3.57. The first kappa shape index (κ1) is 27.5. The van der Waals surface area contributed by atoms with Gasteiger partial charge in [0.2, 0.25) is 10.0 Å². The van der Waals surface area contributed by atoms with Gasteiger partial charge in [-0.25, -0.2) is 12.8 Å². The van der Waals surface area contributed by atoms with Crippen LogP contribution >= 0.6 is 11.6 Å². The van der Waals surface area contributed by atoms with E-state index in [2.05, 4.69) is 15.5 Å². The lowest BCUT2D eigenvalue weighted by molar-refractivity contribution is 0.0964. The number of carbonyl (C=O) groups is 1. The van der Waals surface area contributed by atoms with E-state index >= 15 is 0 Å². The molecule has 8 nitrogen and oxygen atoms in total. The first-order chi connectivity index (χ1) is 20.0. The Kier molecular flexibility index (Phi) is 6.75. The highest BCUT2D eigenvalue weighted by molar-refractivity contribution is 7.92. The van der Waals surface area contributed by atoms with Crippen molar-refractivity contribution in [1.29, 1.82) is 0 Å². The lowest BCUT2D eigenvalue weighted by atomic mass is 9.96. The van der Waals surface area contributed by atoms with Crippen molar-refractivity contribution in [2.24, 2.45) is 0 Å². The number of carbonyl (C=O) groups excluding carboxylic acids is 1. The summed E-state index contributed by atoms with van der Waals surface area (Å²) < 4.78 is 46.5. The highest BCUT2D eigenvalue weighted by Gasteiger charge is 2.26. The minimum absolute atomic E-state index is 0.241. The molecule has 6 aromatic rings. The van der Waals surface area contributed by atoms with Crippen LogP contribution in [0.15, 0.2) is 83.3 Å². The van der Waals surface area contributed by atoms with Gasteiger partial charge >= 0.3 is 0 Å². The lowest BCUT2D eigenvalue weighted by Gasteiger charge is -2.21. The Morgan fingerprint density at radius 2 is 1.62 bits per heavy atom. The highest BCUT2D eigenvalue weighted by atomic mass is 35.5. The van der Waals surface area contributed by atoms with Gasteiger partial charge < -0.3 is 9.73 Å². The van der Waals surface area contributed by atoms with Crippen LogP contribution in [-0.4, -0.2) is 44.9 Å². The summed E-state index contributed by atoms with van der Waals surface area (Å²) >= 11 is 6.09. The number of hydrogen-bond donors (Lipinski definition) is 2. The van der Waals surface area contributed by atoms with Crippen LogP contribution in [0.2, 0.25) is 5.02 Å². The SMILES string of the molecule is CNC(=O)c1c(-c2ccc(F)cc2)oc2cc(N(C)S(C)(=O)=O)c(-c3ccc4[nH]nc(-c5ccc(Cl)cc5)c4c3)cc12. The largest absolute Gasteiger partial charge is 0.455 e. The van der Waals surface area contributed by atoms with E-state index < -0.39 is 21.7 Å². The molecule has 0 saturated heterocycles. The van der Waals surface area contributed by atoms with E-state index in [0.717, 1.165) is 22.7 Å². The monoisotopic (exact) mass is 602 g/mol. The van der Waals surface area contributed by atoms with Crippen LogP contribution in [0.1, 0.15) is 10.4 Å². The van der Waals surface area contributed by atoms with Gasteiger partial charge in [-0.2, -0.15) is 5.10 Å². The molecule has 0 aliphatic heterocycles. The molecule has 0 unspecified atom stereocenters. The third-order valence-electron chi connectivity index (χ3n) is 7.20.